The van der Waals surface area contributed by atoms with Crippen LogP contribution in [-0.4, -0.2) is 23.3 Å². The molecule has 1 aromatic rings. The van der Waals surface area contributed by atoms with E-state index in [-0.39, 0.29) is 11.3 Å². The van der Waals surface area contributed by atoms with Crippen molar-refractivity contribution in [1.82, 2.24) is 0 Å². The smallest absolute Gasteiger partial charge is 0.339 e. The van der Waals surface area contributed by atoms with Crippen molar-refractivity contribution in [2.45, 2.75) is 72.6 Å². The van der Waals surface area contributed by atoms with Gasteiger partial charge in [-0.25, -0.2) is 4.79 Å². The molecule has 0 bridgehead atoms. The number of aryl methyl sites for hydroxylation is 1. The summed E-state index contributed by atoms with van der Waals surface area (Å²) in [6.07, 6.45) is 10.2. The van der Waals surface area contributed by atoms with Crippen LogP contribution in [0.25, 0.3) is 0 Å². The van der Waals surface area contributed by atoms with Crippen molar-refractivity contribution in [3.8, 4) is 11.5 Å². The van der Waals surface area contributed by atoms with Crippen molar-refractivity contribution >= 4 is 5.97 Å². The van der Waals surface area contributed by atoms with Gasteiger partial charge < -0.3 is 14.9 Å². The number of carboxylic acids is 1. The van der Waals surface area contributed by atoms with Crippen molar-refractivity contribution in [2.24, 2.45) is 0 Å². The third-order valence-corrected chi connectivity index (χ3v) is 4.68. The zero-order chi connectivity index (χ0) is 20.4. The highest BCUT2D eigenvalue weighted by Crippen LogP contribution is 2.36. The summed E-state index contributed by atoms with van der Waals surface area (Å²) < 4.78 is 5.46. The average Bonchev–Trinajstić information content (AvgIpc) is 2.59. The van der Waals surface area contributed by atoms with Gasteiger partial charge in [-0.15, -0.1) is 0 Å². The van der Waals surface area contributed by atoms with Gasteiger partial charge in [-0.3, -0.25) is 0 Å². The van der Waals surface area contributed by atoms with Gasteiger partial charge in [0.15, 0.2) is 0 Å². The Labute approximate surface area is 163 Å². The molecule has 0 radical (unpaired) electrons. The van der Waals surface area contributed by atoms with Crippen molar-refractivity contribution in [3.05, 3.63) is 46.1 Å². The molecule has 0 aliphatic carbocycles. The Morgan fingerprint density at radius 2 is 1.89 bits per heavy atom. The average molecular weight is 375 g/mol. The fraction of sp³-hybridized carbons (Fsp3) is 0.522. The Hall–Kier alpha value is -2.23. The van der Waals surface area contributed by atoms with E-state index in [4.69, 9.17) is 4.74 Å². The molecule has 0 spiro atoms. The summed E-state index contributed by atoms with van der Waals surface area (Å²) in [7, 11) is 1.56. The molecule has 0 aliphatic heterocycles. The minimum absolute atomic E-state index is 0.0116. The Morgan fingerprint density at radius 1 is 1.19 bits per heavy atom. The van der Waals surface area contributed by atoms with Crippen LogP contribution in [0.3, 0.4) is 0 Å². The Bertz CT molecular complexity index is 695. The van der Waals surface area contributed by atoms with Gasteiger partial charge in [0.25, 0.3) is 0 Å². The first kappa shape index (κ1) is 22.8. The van der Waals surface area contributed by atoms with Gasteiger partial charge in [-0.05, 0) is 64.5 Å². The fourth-order valence-corrected chi connectivity index (χ4v) is 3.08. The van der Waals surface area contributed by atoms with Crippen LogP contribution in [0.15, 0.2) is 29.4 Å². The third kappa shape index (κ3) is 7.12. The van der Waals surface area contributed by atoms with Crippen LogP contribution < -0.4 is 4.74 Å². The number of phenols is 1. The fourth-order valence-electron chi connectivity index (χ4n) is 3.08. The first-order valence-electron chi connectivity index (χ1n) is 9.75. The molecule has 0 heterocycles. The van der Waals surface area contributed by atoms with Crippen LogP contribution in [0.4, 0.5) is 0 Å². The van der Waals surface area contributed by atoms with Crippen LogP contribution >= 0.6 is 0 Å². The summed E-state index contributed by atoms with van der Waals surface area (Å²) in [6.45, 7) is 8.32. The minimum atomic E-state index is -1.09. The van der Waals surface area contributed by atoms with Gasteiger partial charge in [0.1, 0.15) is 17.1 Å². The highest BCUT2D eigenvalue weighted by Gasteiger charge is 2.22. The van der Waals surface area contributed by atoms with Gasteiger partial charge in [0, 0.05) is 5.56 Å². The van der Waals surface area contributed by atoms with Crippen molar-refractivity contribution < 1.29 is 19.7 Å². The number of rotatable bonds is 11. The summed E-state index contributed by atoms with van der Waals surface area (Å²) >= 11 is 0. The molecule has 4 nitrogen and oxygen atoms in total. The highest BCUT2D eigenvalue weighted by atomic mass is 16.5. The van der Waals surface area contributed by atoms with E-state index in [1.54, 1.807) is 13.2 Å². The Morgan fingerprint density at radius 3 is 2.44 bits per heavy atom. The summed E-state index contributed by atoms with van der Waals surface area (Å²) in [5.74, 6) is -0.703. The second-order valence-electron chi connectivity index (χ2n) is 7.28. The maximum Gasteiger partial charge on any atom is 0.339 e. The molecule has 150 valence electrons. The molecule has 1 aromatic carbocycles. The minimum Gasteiger partial charge on any atom is -0.507 e. The first-order valence-corrected chi connectivity index (χ1v) is 9.75. The monoisotopic (exact) mass is 374 g/mol. The normalized spacial score (nSPS) is 11.4. The quantitative estimate of drug-likeness (QED) is 0.364. The number of allylic oxidation sites excluding steroid dienone is 4. The second-order valence-corrected chi connectivity index (χ2v) is 7.28. The maximum atomic E-state index is 11.7. The number of hydrogen-bond acceptors (Lipinski definition) is 3. The standard InChI is InChI=1S/C23H34O4/c1-6-7-8-12-18-15-20(27-5)19(22(24)21(18)23(25)26)14-13-17(4)11-9-10-16(2)3/h10,13,15,24H,6-9,11-12,14H2,1-5H3,(H,25,26)/b17-13+. The van der Waals surface area contributed by atoms with Gasteiger partial charge >= 0.3 is 5.97 Å². The summed E-state index contributed by atoms with van der Waals surface area (Å²) in [5.41, 5.74) is 3.69. The zero-order valence-corrected chi connectivity index (χ0v) is 17.4. The van der Waals surface area contributed by atoms with Crippen LogP contribution in [0, 0.1) is 0 Å². The van der Waals surface area contributed by atoms with Gasteiger partial charge in [0.2, 0.25) is 0 Å². The number of aromatic hydroxyl groups is 1. The number of ether oxygens (including phenoxy) is 1. The number of hydrogen-bond donors (Lipinski definition) is 2. The molecule has 0 aromatic heterocycles. The molecule has 27 heavy (non-hydrogen) atoms. The number of methoxy groups -OCH3 is 1. The molecule has 0 unspecified atom stereocenters. The summed E-state index contributed by atoms with van der Waals surface area (Å²) in [6, 6.07) is 1.78. The largest absolute Gasteiger partial charge is 0.507 e. The van der Waals surface area contributed by atoms with Crippen molar-refractivity contribution in [1.29, 1.82) is 0 Å². The number of carboxylic acid groups (broad SMARTS) is 1. The predicted octanol–water partition coefficient (Wildman–Crippen LogP) is 6.07. The molecule has 0 atom stereocenters. The number of carbonyl (C=O) groups is 1. The van der Waals surface area contributed by atoms with Crippen LogP contribution in [0.2, 0.25) is 0 Å². The number of aromatic carboxylic acids is 1. The highest BCUT2D eigenvalue weighted by molar-refractivity contribution is 5.93. The molecule has 0 saturated carbocycles. The Balaban J connectivity index is 3.13. The molecule has 2 N–H and O–H groups in total. The van der Waals surface area contributed by atoms with E-state index in [1.807, 2.05) is 6.08 Å². The molecular weight excluding hydrogens is 340 g/mol. The van der Waals surface area contributed by atoms with Crippen molar-refractivity contribution in [2.75, 3.05) is 7.11 Å². The molecule has 0 saturated heterocycles. The SMILES string of the molecule is CCCCCc1cc(OC)c(C/C=C(\C)CCC=C(C)C)c(O)c1C(=O)O. The molecule has 1 rings (SSSR count). The van der Waals surface area contributed by atoms with Gasteiger partial charge in [0.05, 0.1) is 7.11 Å². The van der Waals surface area contributed by atoms with Crippen molar-refractivity contribution in [3.63, 3.8) is 0 Å². The number of unbranched alkanes of at least 4 members (excludes halogenated alkanes) is 2. The molecule has 0 fully saturated rings. The molecule has 4 heteroatoms. The van der Waals surface area contributed by atoms with Crippen LogP contribution in [-0.2, 0) is 12.8 Å². The third-order valence-electron chi connectivity index (χ3n) is 4.68. The maximum absolute atomic E-state index is 11.7. The lowest BCUT2D eigenvalue weighted by Crippen LogP contribution is -2.07. The van der Waals surface area contributed by atoms with E-state index in [0.29, 0.717) is 29.7 Å². The first-order chi connectivity index (χ1) is 12.8. The van der Waals surface area contributed by atoms with E-state index in [2.05, 4.69) is 33.8 Å². The van der Waals surface area contributed by atoms with Gasteiger partial charge in [-0.1, -0.05) is 43.1 Å². The Kier molecular flexibility index (Phi) is 9.70. The number of benzene rings is 1. The van der Waals surface area contributed by atoms with E-state index >= 15 is 0 Å². The lowest BCUT2D eigenvalue weighted by molar-refractivity contribution is 0.0692. The molecule has 0 aliphatic rings. The van der Waals surface area contributed by atoms with E-state index < -0.39 is 5.97 Å². The molecule has 0 amide bonds. The van der Waals surface area contributed by atoms with E-state index in [1.165, 1.54) is 11.1 Å². The summed E-state index contributed by atoms with van der Waals surface area (Å²) in [4.78, 5) is 11.7. The van der Waals surface area contributed by atoms with Crippen LogP contribution in [0.1, 0.15) is 81.3 Å². The van der Waals surface area contributed by atoms with Crippen LogP contribution in [0.5, 0.6) is 11.5 Å². The topological polar surface area (TPSA) is 66.8 Å². The summed E-state index contributed by atoms with van der Waals surface area (Å²) in [5, 5.41) is 20.3. The zero-order valence-electron chi connectivity index (χ0n) is 17.4. The lowest BCUT2D eigenvalue weighted by Gasteiger charge is -2.16. The van der Waals surface area contributed by atoms with E-state index in [9.17, 15) is 15.0 Å². The van der Waals surface area contributed by atoms with E-state index in [0.717, 1.165) is 32.1 Å². The molecular formula is C23H34O4. The predicted molar refractivity (Wildman–Crippen MR) is 111 cm³/mol. The second kappa shape index (κ2) is 11.5. The lowest BCUT2D eigenvalue weighted by atomic mass is 9.94. The van der Waals surface area contributed by atoms with Gasteiger partial charge in [-0.2, -0.15) is 0 Å².